The summed E-state index contributed by atoms with van der Waals surface area (Å²) in [6.45, 7) is 1.89. The van der Waals surface area contributed by atoms with Crippen molar-refractivity contribution in [1.29, 1.82) is 0 Å². The van der Waals surface area contributed by atoms with Crippen LogP contribution in [0.3, 0.4) is 0 Å². The first kappa shape index (κ1) is 12.0. The third kappa shape index (κ3) is 3.03. The smallest absolute Gasteiger partial charge is 0.223 e. The number of benzene rings is 1. The predicted octanol–water partition coefficient (Wildman–Crippen LogP) is 1.52. The second-order valence-corrected chi connectivity index (χ2v) is 4.54. The van der Waals surface area contributed by atoms with Crippen LogP contribution in [0.5, 0.6) is 0 Å². The van der Waals surface area contributed by atoms with E-state index in [2.05, 4.69) is 0 Å². The molecule has 1 aliphatic rings. The van der Waals surface area contributed by atoms with Crippen molar-refractivity contribution in [2.75, 3.05) is 13.1 Å². The highest BCUT2D eigenvalue weighted by Gasteiger charge is 2.24. The second kappa shape index (κ2) is 5.27. The summed E-state index contributed by atoms with van der Waals surface area (Å²) in [7, 11) is 0. The molecule has 1 aromatic rings. The van der Waals surface area contributed by atoms with Gasteiger partial charge in [-0.25, -0.2) is 4.39 Å². The first-order valence-corrected chi connectivity index (χ1v) is 5.91. The van der Waals surface area contributed by atoms with E-state index in [4.69, 9.17) is 5.73 Å². The van der Waals surface area contributed by atoms with Gasteiger partial charge in [-0.05, 0) is 36.6 Å². The molecule has 1 amide bonds. The Morgan fingerprint density at radius 3 is 2.65 bits per heavy atom. The average molecular weight is 236 g/mol. The molecule has 1 unspecified atom stereocenters. The Kier molecular flexibility index (Phi) is 3.74. The van der Waals surface area contributed by atoms with E-state index in [1.54, 1.807) is 12.1 Å². The first-order chi connectivity index (χ1) is 8.19. The summed E-state index contributed by atoms with van der Waals surface area (Å²) in [5.41, 5.74) is 6.53. The van der Waals surface area contributed by atoms with Crippen LogP contribution in [0.2, 0.25) is 0 Å². The van der Waals surface area contributed by atoms with E-state index in [0.717, 1.165) is 18.5 Å². The van der Waals surface area contributed by atoms with Crippen molar-refractivity contribution in [2.45, 2.75) is 19.4 Å². The van der Waals surface area contributed by atoms with Gasteiger partial charge in [0, 0.05) is 19.5 Å². The predicted molar refractivity (Wildman–Crippen MR) is 63.6 cm³/mol. The second-order valence-electron chi connectivity index (χ2n) is 4.54. The number of carbonyl (C=O) groups is 1. The van der Waals surface area contributed by atoms with Crippen LogP contribution in [0, 0.1) is 11.7 Å². The maximum Gasteiger partial charge on any atom is 0.223 e. The Balaban J connectivity index is 1.96. The largest absolute Gasteiger partial charge is 0.338 e. The molecule has 0 aliphatic carbocycles. The molecule has 1 atom stereocenters. The van der Waals surface area contributed by atoms with Gasteiger partial charge in [0.05, 0.1) is 0 Å². The normalized spacial score (nSPS) is 20.7. The highest BCUT2D eigenvalue weighted by molar-refractivity contribution is 5.77. The minimum Gasteiger partial charge on any atom is -0.338 e. The van der Waals surface area contributed by atoms with Crippen LogP contribution in [0.4, 0.5) is 4.39 Å². The fourth-order valence-corrected chi connectivity index (χ4v) is 2.12. The molecule has 0 aromatic heterocycles. The molecule has 2 N–H and O–H groups in total. The Labute approximate surface area is 100 Å². The van der Waals surface area contributed by atoms with Crippen LogP contribution < -0.4 is 5.73 Å². The number of rotatable bonds is 3. The number of piperidine rings is 1. The molecule has 3 nitrogen and oxygen atoms in total. The minimum absolute atomic E-state index is 0.149. The maximum absolute atomic E-state index is 12.7. The molecule has 2 rings (SSSR count). The summed E-state index contributed by atoms with van der Waals surface area (Å²) < 4.78 is 12.7. The van der Waals surface area contributed by atoms with Crippen LogP contribution in [0.1, 0.15) is 18.4 Å². The molecular formula is C13H17FN2O. The Morgan fingerprint density at radius 2 is 2.06 bits per heavy atom. The van der Waals surface area contributed by atoms with Gasteiger partial charge in [-0.3, -0.25) is 4.79 Å². The van der Waals surface area contributed by atoms with Crippen molar-refractivity contribution >= 4 is 5.91 Å². The third-order valence-corrected chi connectivity index (χ3v) is 3.24. The van der Waals surface area contributed by atoms with Crippen molar-refractivity contribution < 1.29 is 9.18 Å². The zero-order valence-corrected chi connectivity index (χ0v) is 9.73. The Bertz CT molecular complexity index is 391. The van der Waals surface area contributed by atoms with Gasteiger partial charge in [0.25, 0.3) is 0 Å². The number of nitrogens with two attached hydrogens (primary N) is 1. The topological polar surface area (TPSA) is 46.3 Å². The van der Waals surface area contributed by atoms with Gasteiger partial charge < -0.3 is 10.6 Å². The molecule has 0 saturated carbocycles. The van der Waals surface area contributed by atoms with Gasteiger partial charge in [0.1, 0.15) is 5.82 Å². The van der Waals surface area contributed by atoms with E-state index in [-0.39, 0.29) is 11.7 Å². The van der Waals surface area contributed by atoms with Crippen LogP contribution in [0.25, 0.3) is 0 Å². The summed E-state index contributed by atoms with van der Waals surface area (Å²) in [6.07, 6.45) is 1.50. The zero-order valence-electron chi connectivity index (χ0n) is 9.73. The molecular weight excluding hydrogens is 219 g/mol. The van der Waals surface area contributed by atoms with Crippen molar-refractivity contribution in [3.63, 3.8) is 0 Å². The number of amides is 1. The van der Waals surface area contributed by atoms with E-state index < -0.39 is 0 Å². The lowest BCUT2D eigenvalue weighted by Gasteiger charge is -2.31. The molecule has 0 bridgehead atoms. The van der Waals surface area contributed by atoms with Gasteiger partial charge in [-0.15, -0.1) is 0 Å². The molecule has 1 aliphatic heterocycles. The summed E-state index contributed by atoms with van der Waals surface area (Å²) in [6, 6.07) is 6.29. The fourth-order valence-electron chi connectivity index (χ4n) is 2.12. The van der Waals surface area contributed by atoms with Gasteiger partial charge in [-0.2, -0.15) is 0 Å². The summed E-state index contributed by atoms with van der Waals surface area (Å²) in [5.74, 6) is 0.227. The van der Waals surface area contributed by atoms with E-state index in [0.29, 0.717) is 25.4 Å². The lowest BCUT2D eigenvalue weighted by molar-refractivity contribution is -0.135. The first-order valence-electron chi connectivity index (χ1n) is 5.91. The molecule has 1 fully saturated rings. The summed E-state index contributed by atoms with van der Waals surface area (Å²) in [5, 5.41) is 0. The van der Waals surface area contributed by atoms with Crippen molar-refractivity contribution in [2.24, 2.45) is 11.7 Å². The number of hydrogen-bond acceptors (Lipinski definition) is 2. The standard InChI is InChI=1S/C13H17FN2O/c14-12-3-1-10(2-4-12)9-16-6-5-11(8-15)7-13(16)17/h1-4,11H,5-9,15H2. The van der Waals surface area contributed by atoms with Crippen molar-refractivity contribution in [3.8, 4) is 0 Å². The molecule has 0 spiro atoms. The Hall–Kier alpha value is -1.42. The number of carbonyl (C=O) groups excluding carboxylic acids is 1. The van der Waals surface area contributed by atoms with Crippen LogP contribution in [-0.2, 0) is 11.3 Å². The SMILES string of the molecule is NCC1CCN(Cc2ccc(F)cc2)C(=O)C1. The van der Waals surface area contributed by atoms with Gasteiger partial charge in [0.2, 0.25) is 5.91 Å². The Morgan fingerprint density at radius 1 is 1.35 bits per heavy atom. The summed E-state index contributed by atoms with van der Waals surface area (Å²) in [4.78, 5) is 13.7. The lowest BCUT2D eigenvalue weighted by Crippen LogP contribution is -2.40. The van der Waals surface area contributed by atoms with Crippen molar-refractivity contribution in [3.05, 3.63) is 35.6 Å². The molecule has 1 aromatic carbocycles. The van der Waals surface area contributed by atoms with Gasteiger partial charge in [-0.1, -0.05) is 12.1 Å². The molecule has 4 heteroatoms. The van der Waals surface area contributed by atoms with Crippen LogP contribution in [0.15, 0.2) is 24.3 Å². The zero-order chi connectivity index (χ0) is 12.3. The molecule has 1 saturated heterocycles. The quantitative estimate of drug-likeness (QED) is 0.865. The highest BCUT2D eigenvalue weighted by Crippen LogP contribution is 2.19. The number of halogens is 1. The number of hydrogen-bond donors (Lipinski definition) is 1. The molecule has 92 valence electrons. The molecule has 0 radical (unpaired) electrons. The van der Waals surface area contributed by atoms with E-state index in [1.807, 2.05) is 4.90 Å². The van der Waals surface area contributed by atoms with Gasteiger partial charge >= 0.3 is 0 Å². The lowest BCUT2D eigenvalue weighted by atomic mass is 9.96. The van der Waals surface area contributed by atoms with E-state index in [1.165, 1.54) is 12.1 Å². The highest BCUT2D eigenvalue weighted by atomic mass is 19.1. The third-order valence-electron chi connectivity index (χ3n) is 3.24. The monoisotopic (exact) mass is 236 g/mol. The molecule has 1 heterocycles. The number of likely N-dealkylation sites (tertiary alicyclic amines) is 1. The van der Waals surface area contributed by atoms with Crippen LogP contribution in [-0.4, -0.2) is 23.9 Å². The summed E-state index contributed by atoms with van der Waals surface area (Å²) >= 11 is 0. The van der Waals surface area contributed by atoms with Crippen LogP contribution >= 0.6 is 0 Å². The fraction of sp³-hybridized carbons (Fsp3) is 0.462. The maximum atomic E-state index is 12.7. The van der Waals surface area contributed by atoms with Crippen molar-refractivity contribution in [1.82, 2.24) is 4.90 Å². The minimum atomic E-state index is -0.248. The molecule has 17 heavy (non-hydrogen) atoms. The number of nitrogens with zero attached hydrogens (tertiary/aromatic N) is 1. The average Bonchev–Trinajstić information content (AvgIpc) is 2.34. The van der Waals surface area contributed by atoms with E-state index >= 15 is 0 Å². The van der Waals surface area contributed by atoms with E-state index in [9.17, 15) is 9.18 Å². The van der Waals surface area contributed by atoms with Gasteiger partial charge in [0.15, 0.2) is 0 Å².